The number of aromatic nitrogens is 2. The van der Waals surface area contributed by atoms with E-state index in [1.54, 1.807) is 6.20 Å². The van der Waals surface area contributed by atoms with Crippen molar-refractivity contribution in [3.05, 3.63) is 11.9 Å². The van der Waals surface area contributed by atoms with E-state index in [9.17, 15) is 4.79 Å². The first kappa shape index (κ1) is 10.6. The van der Waals surface area contributed by atoms with Crippen molar-refractivity contribution in [1.29, 1.82) is 0 Å². The molecule has 92 valence electrons. The topological polar surface area (TPSA) is 76.4 Å². The third-order valence-corrected chi connectivity index (χ3v) is 3.54. The van der Waals surface area contributed by atoms with E-state index >= 15 is 0 Å². The average molecular weight is 237 g/mol. The number of fused-ring (bicyclic) bond motifs is 1. The van der Waals surface area contributed by atoms with Crippen molar-refractivity contribution in [2.45, 2.75) is 18.9 Å². The Balaban J connectivity index is 1.92. The lowest BCUT2D eigenvalue weighted by molar-refractivity contribution is 0.0691. The predicted octanol–water partition coefficient (Wildman–Crippen LogP) is 0.974. The first-order chi connectivity index (χ1) is 8.25. The zero-order valence-corrected chi connectivity index (χ0v) is 9.43. The first-order valence-corrected chi connectivity index (χ1v) is 5.89. The van der Waals surface area contributed by atoms with Crippen LogP contribution in [0.5, 0.6) is 0 Å². The number of nitrogens with zero attached hydrogens (tertiary/aromatic N) is 2. The molecule has 0 aliphatic carbocycles. The van der Waals surface area contributed by atoms with Gasteiger partial charge < -0.3 is 19.7 Å². The summed E-state index contributed by atoms with van der Waals surface area (Å²) in [5, 5.41) is 12.1. The van der Waals surface area contributed by atoms with Crippen molar-refractivity contribution in [1.82, 2.24) is 9.55 Å². The summed E-state index contributed by atoms with van der Waals surface area (Å²) in [4.78, 5) is 15.0. The number of imidazole rings is 1. The number of hydrogen-bond acceptors (Lipinski definition) is 4. The largest absolute Gasteiger partial charge is 0.476 e. The molecule has 0 bridgehead atoms. The minimum absolute atomic E-state index is 0.110. The Morgan fingerprint density at radius 3 is 3.18 bits per heavy atom. The minimum Gasteiger partial charge on any atom is -0.476 e. The van der Waals surface area contributed by atoms with Crippen molar-refractivity contribution in [3.63, 3.8) is 0 Å². The van der Waals surface area contributed by atoms with Crippen LogP contribution in [-0.4, -0.2) is 40.4 Å². The van der Waals surface area contributed by atoms with Crippen molar-refractivity contribution in [2.75, 3.05) is 25.1 Å². The molecule has 0 spiro atoms. The van der Waals surface area contributed by atoms with Crippen LogP contribution in [0.25, 0.3) is 0 Å². The average Bonchev–Trinajstić information content (AvgIpc) is 2.97. The van der Waals surface area contributed by atoms with Crippen LogP contribution in [0.4, 0.5) is 5.95 Å². The molecule has 0 aromatic carbocycles. The molecular weight excluding hydrogens is 222 g/mol. The molecule has 2 aliphatic heterocycles. The van der Waals surface area contributed by atoms with Gasteiger partial charge in [-0.3, -0.25) is 0 Å². The molecule has 0 saturated carbocycles. The Hall–Kier alpha value is -1.56. The molecule has 0 amide bonds. The third kappa shape index (κ3) is 1.78. The van der Waals surface area contributed by atoms with E-state index < -0.39 is 5.97 Å². The molecule has 1 fully saturated rings. The lowest BCUT2D eigenvalue weighted by Gasteiger charge is -2.29. The highest BCUT2D eigenvalue weighted by atomic mass is 16.5. The lowest BCUT2D eigenvalue weighted by Crippen LogP contribution is -2.28. The van der Waals surface area contributed by atoms with Crippen LogP contribution in [0.15, 0.2) is 6.20 Å². The van der Waals surface area contributed by atoms with Gasteiger partial charge in [0.05, 0.1) is 6.61 Å². The summed E-state index contributed by atoms with van der Waals surface area (Å²) in [6.45, 7) is 2.42. The van der Waals surface area contributed by atoms with E-state index in [1.165, 1.54) is 0 Å². The Morgan fingerprint density at radius 2 is 2.47 bits per heavy atom. The molecule has 2 unspecified atom stereocenters. The SMILES string of the molecule is O=C(O)c1cn2c(n1)NCCC2C1CCOC1. The van der Waals surface area contributed by atoms with E-state index in [4.69, 9.17) is 9.84 Å². The molecule has 2 aliphatic rings. The van der Waals surface area contributed by atoms with Crippen molar-refractivity contribution >= 4 is 11.9 Å². The molecular formula is C11H15N3O3. The van der Waals surface area contributed by atoms with Gasteiger partial charge in [0.1, 0.15) is 0 Å². The molecule has 2 atom stereocenters. The lowest BCUT2D eigenvalue weighted by atomic mass is 9.95. The number of aromatic carboxylic acids is 1. The standard InChI is InChI=1S/C11H15N3O3/c15-10(16)8-5-14-9(7-2-4-17-6-7)1-3-12-11(14)13-8/h5,7,9H,1-4,6H2,(H,12,13)(H,15,16). The summed E-state index contributed by atoms with van der Waals surface area (Å²) in [5.74, 6) is 0.173. The van der Waals surface area contributed by atoms with E-state index in [-0.39, 0.29) is 5.69 Å². The van der Waals surface area contributed by atoms with Gasteiger partial charge in [0.15, 0.2) is 5.69 Å². The number of carbonyl (C=O) groups is 1. The maximum Gasteiger partial charge on any atom is 0.356 e. The van der Waals surface area contributed by atoms with Crippen LogP contribution < -0.4 is 5.32 Å². The van der Waals surface area contributed by atoms with Gasteiger partial charge in [-0.15, -0.1) is 0 Å². The zero-order valence-electron chi connectivity index (χ0n) is 9.43. The summed E-state index contributed by atoms with van der Waals surface area (Å²) < 4.78 is 7.37. The van der Waals surface area contributed by atoms with Gasteiger partial charge in [-0.1, -0.05) is 0 Å². The van der Waals surface area contributed by atoms with E-state index in [1.807, 2.05) is 4.57 Å². The van der Waals surface area contributed by atoms with Crippen molar-refractivity contribution in [2.24, 2.45) is 5.92 Å². The Kier molecular flexibility index (Phi) is 2.51. The summed E-state index contributed by atoms with van der Waals surface area (Å²) in [7, 11) is 0. The highest BCUT2D eigenvalue weighted by Crippen LogP contribution is 2.34. The Labute approximate surface area is 98.6 Å². The van der Waals surface area contributed by atoms with Crippen molar-refractivity contribution < 1.29 is 14.6 Å². The molecule has 1 aromatic heterocycles. The maximum absolute atomic E-state index is 10.9. The number of carboxylic acid groups (broad SMARTS) is 1. The van der Waals surface area contributed by atoms with Gasteiger partial charge in [0, 0.05) is 31.3 Å². The van der Waals surface area contributed by atoms with Gasteiger partial charge >= 0.3 is 5.97 Å². The fraction of sp³-hybridized carbons (Fsp3) is 0.636. The predicted molar refractivity (Wildman–Crippen MR) is 60.3 cm³/mol. The molecule has 3 rings (SSSR count). The number of hydrogen-bond donors (Lipinski definition) is 2. The molecule has 0 radical (unpaired) electrons. The number of carboxylic acids is 1. The van der Waals surface area contributed by atoms with E-state index in [2.05, 4.69) is 10.3 Å². The number of rotatable bonds is 2. The molecule has 2 N–H and O–H groups in total. The fourth-order valence-corrected chi connectivity index (χ4v) is 2.67. The molecule has 1 saturated heterocycles. The van der Waals surface area contributed by atoms with E-state index in [0.717, 1.165) is 32.6 Å². The number of ether oxygens (including phenoxy) is 1. The molecule has 6 heteroatoms. The van der Waals surface area contributed by atoms with Gasteiger partial charge in [0.25, 0.3) is 0 Å². The summed E-state index contributed by atoms with van der Waals surface area (Å²) in [6, 6.07) is 0.314. The first-order valence-electron chi connectivity index (χ1n) is 5.89. The van der Waals surface area contributed by atoms with Gasteiger partial charge in [0.2, 0.25) is 5.95 Å². The highest BCUT2D eigenvalue weighted by Gasteiger charge is 2.31. The smallest absolute Gasteiger partial charge is 0.356 e. The summed E-state index contributed by atoms with van der Waals surface area (Å²) in [6.07, 6.45) is 3.67. The van der Waals surface area contributed by atoms with Crippen LogP contribution in [0.1, 0.15) is 29.4 Å². The number of nitrogens with one attached hydrogen (secondary N) is 1. The minimum atomic E-state index is -0.977. The number of anilines is 1. The highest BCUT2D eigenvalue weighted by molar-refractivity contribution is 5.85. The Bertz CT molecular complexity index is 437. The Morgan fingerprint density at radius 1 is 1.59 bits per heavy atom. The molecule has 1 aromatic rings. The second-order valence-corrected chi connectivity index (χ2v) is 4.57. The molecule has 17 heavy (non-hydrogen) atoms. The fourth-order valence-electron chi connectivity index (χ4n) is 2.67. The zero-order chi connectivity index (χ0) is 11.8. The van der Waals surface area contributed by atoms with Crippen molar-refractivity contribution in [3.8, 4) is 0 Å². The van der Waals surface area contributed by atoms with Crippen LogP contribution >= 0.6 is 0 Å². The quantitative estimate of drug-likeness (QED) is 0.801. The van der Waals surface area contributed by atoms with Crippen LogP contribution in [0.2, 0.25) is 0 Å². The van der Waals surface area contributed by atoms with Gasteiger partial charge in [-0.05, 0) is 12.8 Å². The monoisotopic (exact) mass is 237 g/mol. The van der Waals surface area contributed by atoms with Gasteiger partial charge in [-0.2, -0.15) is 0 Å². The molecule has 3 heterocycles. The second-order valence-electron chi connectivity index (χ2n) is 4.57. The normalized spacial score (nSPS) is 27.5. The summed E-state index contributed by atoms with van der Waals surface area (Å²) >= 11 is 0. The van der Waals surface area contributed by atoms with Crippen LogP contribution in [0, 0.1) is 5.92 Å². The van der Waals surface area contributed by atoms with Crippen LogP contribution in [0.3, 0.4) is 0 Å². The maximum atomic E-state index is 10.9. The van der Waals surface area contributed by atoms with Crippen LogP contribution in [-0.2, 0) is 4.74 Å². The second kappa shape index (κ2) is 4.03. The van der Waals surface area contributed by atoms with E-state index in [0.29, 0.717) is 17.9 Å². The molecule has 6 nitrogen and oxygen atoms in total. The van der Waals surface area contributed by atoms with Gasteiger partial charge in [-0.25, -0.2) is 9.78 Å². The summed E-state index contributed by atoms with van der Waals surface area (Å²) in [5.41, 5.74) is 0.110. The third-order valence-electron chi connectivity index (χ3n) is 3.54.